The number of fused-ring (bicyclic) bond motifs is 7. The van der Waals surface area contributed by atoms with Gasteiger partial charge < -0.3 is 10.7 Å². The summed E-state index contributed by atoms with van der Waals surface area (Å²) in [5.74, 6) is 0.864. The van der Waals surface area contributed by atoms with Gasteiger partial charge in [0.15, 0.2) is 0 Å². The van der Waals surface area contributed by atoms with Gasteiger partial charge in [0.2, 0.25) is 0 Å². The molecule has 5 heterocycles. The molecule has 192 valence electrons. The lowest BCUT2D eigenvalue weighted by molar-refractivity contribution is 1.09. The molecule has 3 N–H and O–H groups in total. The summed E-state index contributed by atoms with van der Waals surface area (Å²) in [6, 6.07) is 33.0. The third-order valence-electron chi connectivity index (χ3n) is 7.30. The van der Waals surface area contributed by atoms with E-state index < -0.39 is 0 Å². The summed E-state index contributed by atoms with van der Waals surface area (Å²) < 4.78 is 2.16. The number of rotatable bonds is 1. The normalized spacial score (nSPS) is 12.5. The maximum Gasteiger partial charge on any atom is 0.139 e. The Morgan fingerprint density at radius 3 is 2.33 bits per heavy atom. The molecule has 0 saturated carbocycles. The molecule has 40 heavy (non-hydrogen) atoms. The lowest BCUT2D eigenvalue weighted by atomic mass is 10.2. The second kappa shape index (κ2) is 9.67. The number of aromatic amines is 1. The average Bonchev–Trinajstić information content (AvgIpc) is 3.54. The van der Waals surface area contributed by atoms with E-state index in [-0.39, 0.29) is 0 Å². The van der Waals surface area contributed by atoms with Crippen molar-refractivity contribution in [1.29, 1.82) is 0 Å². The topological polar surface area (TPSA) is 85.4 Å². The van der Waals surface area contributed by atoms with Crippen molar-refractivity contribution in [1.82, 2.24) is 24.5 Å². The first-order valence-electron chi connectivity index (χ1n) is 13.2. The Labute approximate surface area is 229 Å². The first-order chi connectivity index (χ1) is 19.7. The number of nitrogens with two attached hydrogens (primary N) is 1. The number of pyridine rings is 3. The van der Waals surface area contributed by atoms with Crippen molar-refractivity contribution in [3.05, 3.63) is 120 Å². The number of para-hydroxylation sites is 1. The standard InChI is InChI=1S/C25H15N5.C9H11N/c1-2-7-16-14-27-22(12-15(16)6-1)30-20-10-5-11-26-23(20)24-21(30)13-18-17-8-3-4-9-19(17)28-25(18)29-24;1-2-8-5-3-4-6-9(8)7-10/h1-14H,(H,28,29);2-7H,10H2,1H3/b;8-2-,9-7-. The monoisotopic (exact) mass is 518 g/mol. The van der Waals surface area contributed by atoms with Crippen molar-refractivity contribution in [2.45, 2.75) is 6.92 Å². The van der Waals surface area contributed by atoms with E-state index in [0.717, 1.165) is 65.8 Å². The molecule has 3 aromatic carbocycles. The number of nitrogens with one attached hydrogen (secondary N) is 1. The van der Waals surface area contributed by atoms with Crippen LogP contribution in [-0.4, -0.2) is 24.5 Å². The molecule has 0 fully saturated rings. The van der Waals surface area contributed by atoms with Crippen molar-refractivity contribution in [3.63, 3.8) is 0 Å². The molecule has 0 saturated heterocycles. The van der Waals surface area contributed by atoms with Gasteiger partial charge in [0.05, 0.1) is 11.0 Å². The fourth-order valence-electron chi connectivity index (χ4n) is 5.36. The summed E-state index contributed by atoms with van der Waals surface area (Å²) in [6.07, 6.45) is 7.40. The van der Waals surface area contributed by atoms with Crippen LogP contribution in [0.1, 0.15) is 6.92 Å². The lowest BCUT2D eigenvalue weighted by Gasteiger charge is -2.07. The minimum Gasteiger partial charge on any atom is -0.404 e. The van der Waals surface area contributed by atoms with Crippen LogP contribution in [0.25, 0.3) is 72.9 Å². The van der Waals surface area contributed by atoms with Crippen molar-refractivity contribution in [2.75, 3.05) is 0 Å². The molecule has 8 rings (SSSR count). The van der Waals surface area contributed by atoms with Gasteiger partial charge in [-0.15, -0.1) is 0 Å². The Hall–Kier alpha value is -5.49. The van der Waals surface area contributed by atoms with Crippen molar-refractivity contribution >= 4 is 67.1 Å². The Morgan fingerprint density at radius 1 is 0.725 bits per heavy atom. The maximum absolute atomic E-state index is 5.38. The third-order valence-corrected chi connectivity index (χ3v) is 7.30. The maximum atomic E-state index is 5.38. The number of H-pyrrole nitrogens is 1. The Bertz CT molecular complexity index is 2280. The van der Waals surface area contributed by atoms with E-state index in [4.69, 9.17) is 15.7 Å². The zero-order valence-corrected chi connectivity index (χ0v) is 21.9. The zero-order valence-electron chi connectivity index (χ0n) is 21.9. The molecule has 0 aliphatic heterocycles. The first kappa shape index (κ1) is 23.6. The summed E-state index contributed by atoms with van der Waals surface area (Å²) in [7, 11) is 0. The number of benzene rings is 3. The van der Waals surface area contributed by atoms with Gasteiger partial charge in [-0.05, 0) is 53.1 Å². The molecule has 0 aliphatic rings. The highest BCUT2D eigenvalue weighted by Gasteiger charge is 2.18. The van der Waals surface area contributed by atoms with Gasteiger partial charge >= 0.3 is 0 Å². The highest BCUT2D eigenvalue weighted by molar-refractivity contribution is 6.13. The molecule has 0 aliphatic carbocycles. The molecule has 6 heteroatoms. The molecule has 6 nitrogen and oxygen atoms in total. The SMILES string of the molecule is C/C=c1/cccc/c1=C/N.c1ccc2cc(-n3c4cccnc4c4nc5[nH]c6ccccc6c5cc43)ncc2c1. The van der Waals surface area contributed by atoms with Crippen molar-refractivity contribution in [3.8, 4) is 5.82 Å². The molecular formula is C34H26N6. The van der Waals surface area contributed by atoms with Crippen molar-refractivity contribution in [2.24, 2.45) is 5.73 Å². The summed E-state index contributed by atoms with van der Waals surface area (Å²) in [5, 5.41) is 6.82. The molecule has 8 aromatic rings. The van der Waals surface area contributed by atoms with Crippen LogP contribution in [0.15, 0.2) is 109 Å². The fraction of sp³-hybridized carbons (Fsp3) is 0.0294. The highest BCUT2D eigenvalue weighted by Crippen LogP contribution is 2.34. The molecule has 0 amide bonds. The number of hydrogen-bond donors (Lipinski definition) is 2. The third kappa shape index (κ3) is 3.85. The van der Waals surface area contributed by atoms with E-state index >= 15 is 0 Å². The van der Waals surface area contributed by atoms with Gasteiger partial charge in [0.1, 0.15) is 22.5 Å². The van der Waals surface area contributed by atoms with Gasteiger partial charge in [-0.1, -0.05) is 72.8 Å². The van der Waals surface area contributed by atoms with Crippen LogP contribution in [0.2, 0.25) is 0 Å². The van der Waals surface area contributed by atoms with E-state index in [1.165, 1.54) is 5.22 Å². The van der Waals surface area contributed by atoms with Crippen LogP contribution in [-0.2, 0) is 0 Å². The minimum absolute atomic E-state index is 0.864. The Morgan fingerprint density at radius 2 is 1.50 bits per heavy atom. The highest BCUT2D eigenvalue weighted by atomic mass is 15.1. The summed E-state index contributed by atoms with van der Waals surface area (Å²) in [6.45, 7) is 2.00. The van der Waals surface area contributed by atoms with Crippen LogP contribution in [0.3, 0.4) is 0 Å². The number of hydrogen-bond acceptors (Lipinski definition) is 4. The van der Waals surface area contributed by atoms with E-state index in [2.05, 4.69) is 69.1 Å². The quantitative estimate of drug-likeness (QED) is 0.282. The molecule has 0 bridgehead atoms. The predicted octanol–water partition coefficient (Wildman–Crippen LogP) is 5.94. The molecule has 5 aromatic heterocycles. The fourth-order valence-corrected chi connectivity index (χ4v) is 5.36. The summed E-state index contributed by atoms with van der Waals surface area (Å²) >= 11 is 0. The van der Waals surface area contributed by atoms with Crippen LogP contribution in [0, 0.1) is 0 Å². The zero-order chi connectivity index (χ0) is 27.1. The molecule has 0 unspecified atom stereocenters. The molecule has 0 atom stereocenters. The minimum atomic E-state index is 0.864. The smallest absolute Gasteiger partial charge is 0.139 e. The largest absolute Gasteiger partial charge is 0.404 e. The van der Waals surface area contributed by atoms with Crippen molar-refractivity contribution < 1.29 is 0 Å². The van der Waals surface area contributed by atoms with Crippen LogP contribution >= 0.6 is 0 Å². The van der Waals surface area contributed by atoms with Gasteiger partial charge in [0, 0.05) is 40.3 Å². The summed E-state index contributed by atoms with van der Waals surface area (Å²) in [5.41, 5.74) is 11.1. The van der Waals surface area contributed by atoms with Gasteiger partial charge in [-0.25, -0.2) is 9.97 Å². The lowest BCUT2D eigenvalue weighted by Crippen LogP contribution is -2.24. The second-order valence-electron chi connectivity index (χ2n) is 9.60. The molecular weight excluding hydrogens is 492 g/mol. The molecule has 0 radical (unpaired) electrons. The van der Waals surface area contributed by atoms with E-state index in [9.17, 15) is 0 Å². The van der Waals surface area contributed by atoms with Crippen LogP contribution in [0.5, 0.6) is 0 Å². The average molecular weight is 519 g/mol. The van der Waals surface area contributed by atoms with Gasteiger partial charge in [0.25, 0.3) is 0 Å². The Balaban J connectivity index is 0.000000226. The Kier molecular flexibility index (Phi) is 5.71. The van der Waals surface area contributed by atoms with E-state index in [1.54, 1.807) is 6.20 Å². The van der Waals surface area contributed by atoms with Crippen LogP contribution in [0.4, 0.5) is 0 Å². The second-order valence-corrected chi connectivity index (χ2v) is 9.60. The predicted molar refractivity (Wildman–Crippen MR) is 166 cm³/mol. The van der Waals surface area contributed by atoms with Gasteiger partial charge in [-0.3, -0.25) is 9.55 Å². The van der Waals surface area contributed by atoms with E-state index in [1.807, 2.05) is 67.9 Å². The molecule has 0 spiro atoms. The number of nitrogens with zero attached hydrogens (tertiary/aromatic N) is 4. The number of aromatic nitrogens is 5. The van der Waals surface area contributed by atoms with Gasteiger partial charge in [-0.2, -0.15) is 0 Å². The van der Waals surface area contributed by atoms with E-state index in [0.29, 0.717) is 0 Å². The summed E-state index contributed by atoms with van der Waals surface area (Å²) in [4.78, 5) is 17.9. The van der Waals surface area contributed by atoms with Crippen LogP contribution < -0.4 is 16.2 Å². The first-order valence-corrected chi connectivity index (χ1v) is 13.2.